The summed E-state index contributed by atoms with van der Waals surface area (Å²) in [5.41, 5.74) is 3.13. The molecule has 0 aromatic heterocycles. The lowest BCUT2D eigenvalue weighted by atomic mass is 10.0. The predicted octanol–water partition coefficient (Wildman–Crippen LogP) is 5.57. The van der Waals surface area contributed by atoms with Gasteiger partial charge in [-0.2, -0.15) is 0 Å². The number of nitrogens with one attached hydrogen (secondary N) is 2. The monoisotopic (exact) mass is 436 g/mol. The molecule has 4 aromatic rings. The Balaban J connectivity index is 1.69. The molecule has 5 heteroatoms. The Morgan fingerprint density at radius 3 is 2.24 bits per heavy atom. The Hall–Kier alpha value is -4.38. The zero-order chi connectivity index (χ0) is 23.2. The minimum Gasteiger partial charge on any atom is -0.497 e. The van der Waals surface area contributed by atoms with Crippen molar-refractivity contribution in [3.8, 4) is 5.75 Å². The summed E-state index contributed by atoms with van der Waals surface area (Å²) in [6, 6.07) is 28.0. The lowest BCUT2D eigenvalue weighted by Gasteiger charge is -2.12. The van der Waals surface area contributed by atoms with Crippen LogP contribution in [0.4, 0.5) is 5.69 Å². The van der Waals surface area contributed by atoms with E-state index in [0.717, 1.165) is 21.9 Å². The van der Waals surface area contributed by atoms with Crippen molar-refractivity contribution in [2.45, 2.75) is 6.92 Å². The smallest absolute Gasteiger partial charge is 0.272 e. The molecular weight excluding hydrogens is 412 g/mol. The SMILES string of the molecule is COc1ccc(C(=O)N/C(=C\c2cccc3ccccc23)C(=O)Nc2ccc(C)cc2)cc1. The molecule has 0 fully saturated rings. The summed E-state index contributed by atoms with van der Waals surface area (Å²) in [6.45, 7) is 1.98. The second-order valence-corrected chi connectivity index (χ2v) is 7.63. The number of anilines is 1. The van der Waals surface area contributed by atoms with Crippen LogP contribution in [0.25, 0.3) is 16.8 Å². The number of amides is 2. The van der Waals surface area contributed by atoms with Gasteiger partial charge in [-0.05, 0) is 65.7 Å². The van der Waals surface area contributed by atoms with Gasteiger partial charge >= 0.3 is 0 Å². The number of carbonyl (C=O) groups is 2. The summed E-state index contributed by atoms with van der Waals surface area (Å²) in [4.78, 5) is 26.1. The Bertz CT molecular complexity index is 1320. The number of carbonyl (C=O) groups excluding carboxylic acids is 2. The molecule has 164 valence electrons. The molecule has 0 saturated carbocycles. The largest absolute Gasteiger partial charge is 0.497 e. The third kappa shape index (κ3) is 5.28. The highest BCUT2D eigenvalue weighted by Crippen LogP contribution is 2.21. The van der Waals surface area contributed by atoms with Crippen LogP contribution in [0.2, 0.25) is 0 Å². The molecule has 0 atom stereocenters. The fourth-order valence-corrected chi connectivity index (χ4v) is 3.46. The average Bonchev–Trinajstić information content (AvgIpc) is 2.85. The van der Waals surface area contributed by atoms with Crippen LogP contribution in [0.1, 0.15) is 21.5 Å². The van der Waals surface area contributed by atoms with Gasteiger partial charge in [0.15, 0.2) is 0 Å². The van der Waals surface area contributed by atoms with Crippen LogP contribution in [-0.4, -0.2) is 18.9 Å². The summed E-state index contributed by atoms with van der Waals surface area (Å²) < 4.78 is 5.16. The predicted molar refractivity (Wildman–Crippen MR) is 132 cm³/mol. The number of rotatable bonds is 6. The first-order valence-corrected chi connectivity index (χ1v) is 10.6. The maximum atomic E-state index is 13.2. The molecule has 2 N–H and O–H groups in total. The Morgan fingerprint density at radius 2 is 1.52 bits per heavy atom. The van der Waals surface area contributed by atoms with E-state index in [-0.39, 0.29) is 11.6 Å². The number of ether oxygens (including phenoxy) is 1. The van der Waals surface area contributed by atoms with Crippen LogP contribution < -0.4 is 15.4 Å². The van der Waals surface area contributed by atoms with Gasteiger partial charge in [0, 0.05) is 11.3 Å². The third-order valence-electron chi connectivity index (χ3n) is 5.28. The van der Waals surface area contributed by atoms with E-state index in [2.05, 4.69) is 10.6 Å². The van der Waals surface area contributed by atoms with Gasteiger partial charge in [0.05, 0.1) is 7.11 Å². The molecule has 0 saturated heterocycles. The van der Waals surface area contributed by atoms with Gasteiger partial charge in [-0.15, -0.1) is 0 Å². The standard InChI is InChI=1S/C28H24N2O3/c1-19-10-14-23(15-11-19)29-28(32)26(30-27(31)21-12-16-24(33-2)17-13-21)18-22-8-5-7-20-6-3-4-9-25(20)22/h3-18H,1-2H3,(H,29,32)(H,30,31)/b26-18-. The second kappa shape index (κ2) is 9.83. The van der Waals surface area contributed by atoms with Crippen LogP contribution in [0.5, 0.6) is 5.75 Å². The lowest BCUT2D eigenvalue weighted by molar-refractivity contribution is -0.113. The summed E-state index contributed by atoms with van der Waals surface area (Å²) in [7, 11) is 1.56. The second-order valence-electron chi connectivity index (χ2n) is 7.63. The van der Waals surface area contributed by atoms with E-state index in [1.54, 1.807) is 37.5 Å². The van der Waals surface area contributed by atoms with Crippen molar-refractivity contribution in [3.63, 3.8) is 0 Å². The van der Waals surface area contributed by atoms with Gasteiger partial charge in [0.25, 0.3) is 11.8 Å². The fourth-order valence-electron chi connectivity index (χ4n) is 3.46. The average molecular weight is 437 g/mol. The van der Waals surface area contributed by atoms with Crippen LogP contribution in [0.15, 0.2) is 96.7 Å². The van der Waals surface area contributed by atoms with Gasteiger partial charge in [0.1, 0.15) is 11.4 Å². The molecule has 0 bridgehead atoms. The summed E-state index contributed by atoms with van der Waals surface area (Å²) >= 11 is 0. The Kier molecular flexibility index (Phi) is 6.51. The van der Waals surface area contributed by atoms with Crippen LogP contribution in [-0.2, 0) is 4.79 Å². The van der Waals surface area contributed by atoms with Crippen LogP contribution in [0, 0.1) is 6.92 Å². The first-order chi connectivity index (χ1) is 16.0. The van der Waals surface area contributed by atoms with E-state index in [9.17, 15) is 9.59 Å². The zero-order valence-electron chi connectivity index (χ0n) is 18.5. The maximum Gasteiger partial charge on any atom is 0.272 e. The third-order valence-corrected chi connectivity index (χ3v) is 5.28. The molecule has 33 heavy (non-hydrogen) atoms. The molecule has 0 spiro atoms. The maximum absolute atomic E-state index is 13.2. The van der Waals surface area contributed by atoms with Crippen LogP contribution in [0.3, 0.4) is 0 Å². The highest BCUT2D eigenvalue weighted by Gasteiger charge is 2.16. The van der Waals surface area contributed by atoms with Crippen molar-refractivity contribution < 1.29 is 14.3 Å². The van der Waals surface area contributed by atoms with Crippen molar-refractivity contribution in [2.24, 2.45) is 0 Å². The van der Waals surface area contributed by atoms with E-state index in [0.29, 0.717) is 17.0 Å². The minimum atomic E-state index is -0.409. The highest BCUT2D eigenvalue weighted by molar-refractivity contribution is 6.11. The molecule has 0 heterocycles. The normalized spacial score (nSPS) is 11.2. The molecule has 0 aliphatic heterocycles. The number of fused-ring (bicyclic) bond motifs is 1. The van der Waals surface area contributed by atoms with Gasteiger partial charge in [-0.25, -0.2) is 0 Å². The topological polar surface area (TPSA) is 67.4 Å². The Labute approximate surface area is 192 Å². The van der Waals surface area contributed by atoms with Gasteiger partial charge in [-0.3, -0.25) is 9.59 Å². The first-order valence-electron chi connectivity index (χ1n) is 10.6. The van der Waals surface area contributed by atoms with E-state index in [4.69, 9.17) is 4.74 Å². The number of aryl methyl sites for hydroxylation is 1. The molecule has 0 aliphatic carbocycles. The number of hydrogen-bond acceptors (Lipinski definition) is 3. The van der Waals surface area contributed by atoms with Gasteiger partial charge in [-0.1, -0.05) is 60.2 Å². The Morgan fingerprint density at radius 1 is 0.818 bits per heavy atom. The molecule has 5 nitrogen and oxygen atoms in total. The van der Waals surface area contributed by atoms with Crippen molar-refractivity contribution in [1.29, 1.82) is 0 Å². The summed E-state index contributed by atoms with van der Waals surface area (Å²) in [5, 5.41) is 7.69. The van der Waals surface area contributed by atoms with Crippen molar-refractivity contribution >= 4 is 34.4 Å². The van der Waals surface area contributed by atoms with Crippen LogP contribution >= 0.6 is 0 Å². The number of hydrogen-bond donors (Lipinski definition) is 2. The molecule has 0 radical (unpaired) electrons. The molecular formula is C28H24N2O3. The van der Waals surface area contributed by atoms with Crippen molar-refractivity contribution in [1.82, 2.24) is 5.32 Å². The molecule has 2 amide bonds. The van der Waals surface area contributed by atoms with E-state index >= 15 is 0 Å². The quantitative estimate of drug-likeness (QED) is 0.389. The van der Waals surface area contributed by atoms with Crippen molar-refractivity contribution in [2.75, 3.05) is 12.4 Å². The molecule has 4 aromatic carbocycles. The van der Waals surface area contributed by atoms with Gasteiger partial charge in [0.2, 0.25) is 0 Å². The minimum absolute atomic E-state index is 0.146. The highest BCUT2D eigenvalue weighted by atomic mass is 16.5. The fraction of sp³-hybridized carbons (Fsp3) is 0.0714. The zero-order valence-corrected chi connectivity index (χ0v) is 18.5. The van der Waals surface area contributed by atoms with Gasteiger partial charge < -0.3 is 15.4 Å². The van der Waals surface area contributed by atoms with E-state index in [1.165, 1.54) is 0 Å². The van der Waals surface area contributed by atoms with E-state index in [1.807, 2.05) is 73.7 Å². The molecule has 4 rings (SSSR count). The summed E-state index contributed by atoms with van der Waals surface area (Å²) in [5.74, 6) is -0.146. The first kappa shape index (κ1) is 21.8. The van der Waals surface area contributed by atoms with E-state index < -0.39 is 5.91 Å². The van der Waals surface area contributed by atoms with Crippen molar-refractivity contribution in [3.05, 3.63) is 113 Å². The summed E-state index contributed by atoms with van der Waals surface area (Å²) in [6.07, 6.45) is 1.70. The number of benzene rings is 4. The number of methoxy groups -OCH3 is 1. The lowest BCUT2D eigenvalue weighted by Crippen LogP contribution is -2.30. The molecule has 0 unspecified atom stereocenters. The molecule has 0 aliphatic rings.